The Morgan fingerprint density at radius 2 is 0.625 bits per heavy atom. The van der Waals surface area contributed by atoms with Gasteiger partial charge in [0, 0.05) is 35.1 Å². The van der Waals surface area contributed by atoms with E-state index in [0.29, 0.717) is 119 Å². The zero-order valence-electron chi connectivity index (χ0n) is 51.7. The second-order valence-corrected chi connectivity index (χ2v) is 23.4. The summed E-state index contributed by atoms with van der Waals surface area (Å²) in [5.74, 6) is 0.940. The molecule has 6 aromatic rings. The van der Waals surface area contributed by atoms with Crippen LogP contribution in [-0.4, -0.2) is 84.5 Å². The Morgan fingerprint density at radius 3 is 0.852 bits per heavy atom. The molecule has 0 N–H and O–H groups in total. The molecule has 0 unspecified atom stereocenters. The van der Waals surface area contributed by atoms with Gasteiger partial charge in [0.2, 0.25) is 0 Å². The second kappa shape index (κ2) is 33.7. The fourth-order valence-electron chi connectivity index (χ4n) is 8.43. The summed E-state index contributed by atoms with van der Waals surface area (Å²) < 4.78 is 73.1. The first kappa shape index (κ1) is 69.6. The molecule has 4 amide bonds. The Hall–Kier alpha value is -9.18. The maximum absolute atomic E-state index is 13.4. The molecule has 2 heterocycles. The molecule has 0 fully saturated rings. The van der Waals surface area contributed by atoms with E-state index in [-0.39, 0.29) is 66.5 Å². The third kappa shape index (κ3) is 21.7. The molecule has 0 saturated carbocycles. The summed E-state index contributed by atoms with van der Waals surface area (Å²) in [6.07, 6.45) is 4.19. The number of amides is 4. The monoisotopic (exact) mass is 1210 g/mol. The number of rotatable bonds is 22. The van der Waals surface area contributed by atoms with Crippen LogP contribution in [0, 0.1) is 24.7 Å². The van der Waals surface area contributed by atoms with Crippen molar-refractivity contribution in [1.82, 2.24) is 9.80 Å². The minimum Gasteiger partial charge on any atom is -0.489 e. The third-order valence-electron chi connectivity index (χ3n) is 13.5. The van der Waals surface area contributed by atoms with Gasteiger partial charge >= 0.3 is 0 Å². The second-order valence-electron chi connectivity index (χ2n) is 23.4. The normalized spacial score (nSPS) is 13.3. The molecule has 0 atom stereocenters. The summed E-state index contributed by atoms with van der Waals surface area (Å²) in [4.78, 5) is 75.7. The van der Waals surface area contributed by atoms with Crippen LogP contribution in [0.25, 0.3) is 0 Å². The number of Topliss-reactive ketones (excluding diaryl/α,β-unsaturated/α-hetero) is 2. The molecule has 8 rings (SSSR count). The quantitative estimate of drug-likeness (QED) is 0.0366. The van der Waals surface area contributed by atoms with Gasteiger partial charge in [0.05, 0.1) is 60.7 Å². The molecule has 2 aliphatic rings. The van der Waals surface area contributed by atoms with Gasteiger partial charge in [-0.05, 0) is 146 Å². The lowest BCUT2D eigenvalue weighted by molar-refractivity contribution is 0.0649. The van der Waals surface area contributed by atoms with E-state index in [1.165, 1.54) is 5.56 Å². The van der Waals surface area contributed by atoms with Crippen molar-refractivity contribution in [3.8, 4) is 23.0 Å². The Morgan fingerprint density at radius 1 is 0.386 bits per heavy atom. The highest BCUT2D eigenvalue weighted by Crippen LogP contribution is 2.28. The first-order valence-electron chi connectivity index (χ1n) is 28.8. The maximum Gasteiger partial charge on any atom is 0.261 e. The topological polar surface area (TPSA) is 146 Å². The Bertz CT molecular complexity index is 3400. The van der Waals surface area contributed by atoms with E-state index >= 15 is 0 Å². The van der Waals surface area contributed by atoms with E-state index in [1.807, 2.05) is 106 Å². The number of hydrogen-bond acceptors (Lipinski definition) is 10. The van der Waals surface area contributed by atoms with E-state index in [2.05, 4.69) is 0 Å². The smallest absolute Gasteiger partial charge is 0.261 e. The van der Waals surface area contributed by atoms with Crippen LogP contribution in [0.15, 0.2) is 193 Å². The number of ether oxygens (including phenoxy) is 4. The number of carbonyl (C=O) groups is 6. The van der Waals surface area contributed by atoms with Gasteiger partial charge in [-0.25, -0.2) is 17.6 Å². The van der Waals surface area contributed by atoms with Crippen molar-refractivity contribution in [3.63, 3.8) is 0 Å². The molecule has 0 aliphatic carbocycles. The van der Waals surface area contributed by atoms with E-state index in [9.17, 15) is 46.3 Å². The molecular formula is C72H78F4N2O10. The molecule has 0 spiro atoms. The lowest BCUT2D eigenvalue weighted by Crippen LogP contribution is -2.32. The summed E-state index contributed by atoms with van der Waals surface area (Å²) in [5.41, 5.74) is 6.41. The third-order valence-corrected chi connectivity index (χ3v) is 13.5. The Labute approximate surface area is 514 Å². The predicted molar refractivity (Wildman–Crippen MR) is 335 cm³/mol. The summed E-state index contributed by atoms with van der Waals surface area (Å²) in [6.45, 7) is 20.0. The molecule has 0 saturated heterocycles. The number of imide groups is 2. The van der Waals surface area contributed by atoms with Crippen LogP contribution in [0.2, 0.25) is 0 Å². The standard InChI is InChI=1S/C24H24FNO4.C19H16FNO3.C17H23FO2.C12H15FO/c1-24(2,3)12-21(27)17-8-10-18(11-9-17)30-15-16(13-25)14-26-22(28)19-6-4-5-7-20(19)23(26)29;1-13-6-8-15(9-7-13)24-12-14(10-20)11-21-18(22)16-4-2-3-5-17(16)19(21)23;1-5-13(11-18)12-20-15-8-6-14(7-9-15)16(19)10-17(2,3)4;1-3-11(8-13)9-14-12-6-4-10(2)5-7-12/h4-11,13H,12,14-15H2,1-3H3;2-10H,11-12H2,1H3;6-9,11H,5,10,12H2,1-4H3;4-8H,3,9H2,1-2H3/b16-13+;14-10+;13-11+;11-8+. The number of halogens is 4. The van der Waals surface area contributed by atoms with Gasteiger partial charge in [-0.2, -0.15) is 0 Å². The number of hydrogen-bond donors (Lipinski definition) is 0. The van der Waals surface area contributed by atoms with Crippen LogP contribution in [0.3, 0.4) is 0 Å². The van der Waals surface area contributed by atoms with Crippen molar-refractivity contribution < 1.29 is 65.3 Å². The van der Waals surface area contributed by atoms with Gasteiger partial charge < -0.3 is 18.9 Å². The number of carbonyl (C=O) groups excluding carboxylic acids is 6. The highest BCUT2D eigenvalue weighted by atomic mass is 19.1. The average molecular weight is 1210 g/mol. The van der Waals surface area contributed by atoms with Crippen LogP contribution in [-0.2, 0) is 0 Å². The highest BCUT2D eigenvalue weighted by molar-refractivity contribution is 6.22. The van der Waals surface area contributed by atoms with Crippen molar-refractivity contribution in [2.45, 2.75) is 94.9 Å². The summed E-state index contributed by atoms with van der Waals surface area (Å²) in [7, 11) is 0. The molecule has 16 heteroatoms. The number of benzene rings is 6. The largest absolute Gasteiger partial charge is 0.489 e. The van der Waals surface area contributed by atoms with E-state index in [1.54, 1.807) is 109 Å². The summed E-state index contributed by atoms with van der Waals surface area (Å²) in [6, 6.07) is 41.8. The van der Waals surface area contributed by atoms with Crippen LogP contribution >= 0.6 is 0 Å². The molecule has 12 nitrogen and oxygen atoms in total. The Kier molecular flexibility index (Phi) is 26.6. The van der Waals surface area contributed by atoms with Crippen LogP contribution in [0.4, 0.5) is 17.6 Å². The van der Waals surface area contributed by atoms with Gasteiger partial charge in [0.1, 0.15) is 49.4 Å². The van der Waals surface area contributed by atoms with Crippen molar-refractivity contribution in [2.24, 2.45) is 10.8 Å². The molecule has 464 valence electrons. The number of fused-ring (bicyclic) bond motifs is 2. The van der Waals surface area contributed by atoms with Gasteiger partial charge in [0.15, 0.2) is 11.6 Å². The van der Waals surface area contributed by atoms with E-state index < -0.39 is 23.6 Å². The molecule has 88 heavy (non-hydrogen) atoms. The predicted octanol–water partition coefficient (Wildman–Crippen LogP) is 16.9. The average Bonchev–Trinajstić information content (AvgIpc) is 2.31. The van der Waals surface area contributed by atoms with Crippen molar-refractivity contribution in [2.75, 3.05) is 39.5 Å². The van der Waals surface area contributed by atoms with Crippen molar-refractivity contribution in [1.29, 1.82) is 0 Å². The first-order chi connectivity index (χ1) is 41.9. The zero-order chi connectivity index (χ0) is 64.6. The summed E-state index contributed by atoms with van der Waals surface area (Å²) >= 11 is 0. The molecule has 0 radical (unpaired) electrons. The van der Waals surface area contributed by atoms with E-state index in [4.69, 9.17) is 18.9 Å². The van der Waals surface area contributed by atoms with Crippen LogP contribution in [0.1, 0.15) is 154 Å². The SMILES string of the molecule is CC(C)(C)CC(=O)c1ccc(OC/C(=C/F)CN2C(=O)c3ccccc3C2=O)cc1.CC/C(=C\F)COc1ccc(C(=O)CC(C)(C)C)cc1.CC/C(=C\F)COc1ccc(C)cc1.Cc1ccc(OC/C(=C/F)CN2C(=O)c3ccccc3C2=O)cc1. The van der Waals surface area contributed by atoms with Crippen LogP contribution < -0.4 is 18.9 Å². The summed E-state index contributed by atoms with van der Waals surface area (Å²) in [5, 5.41) is 0. The number of nitrogens with zero attached hydrogens (tertiary/aromatic N) is 2. The molecule has 6 aromatic carbocycles. The molecular weight excluding hydrogens is 1130 g/mol. The van der Waals surface area contributed by atoms with Gasteiger partial charge in [-0.3, -0.25) is 38.6 Å². The van der Waals surface area contributed by atoms with Gasteiger partial charge in [-0.1, -0.05) is 115 Å². The Balaban J connectivity index is 0.000000221. The minimum absolute atomic E-state index is 0.0196. The fraction of sp³-hybridized carbons (Fsp3) is 0.306. The molecule has 2 aliphatic heterocycles. The minimum atomic E-state index is -0.448. The van der Waals surface area contributed by atoms with Crippen molar-refractivity contribution in [3.05, 3.63) is 238 Å². The molecule has 0 bridgehead atoms. The zero-order valence-corrected chi connectivity index (χ0v) is 51.7. The first-order valence-corrected chi connectivity index (χ1v) is 28.8. The lowest BCUT2D eigenvalue weighted by atomic mass is 9.88. The number of ketones is 2. The maximum atomic E-state index is 13.4. The van der Waals surface area contributed by atoms with Gasteiger partial charge in [0.25, 0.3) is 23.6 Å². The van der Waals surface area contributed by atoms with Crippen LogP contribution in [0.5, 0.6) is 23.0 Å². The van der Waals surface area contributed by atoms with Gasteiger partial charge in [-0.15, -0.1) is 0 Å². The fourth-order valence-corrected chi connectivity index (χ4v) is 8.43. The van der Waals surface area contributed by atoms with Crippen molar-refractivity contribution >= 4 is 35.2 Å². The number of aryl methyl sites for hydroxylation is 2. The highest BCUT2D eigenvalue weighted by Gasteiger charge is 2.37. The molecule has 0 aromatic heterocycles. The van der Waals surface area contributed by atoms with E-state index in [0.717, 1.165) is 21.1 Å². The lowest BCUT2D eigenvalue weighted by Gasteiger charge is -2.17.